The molecule has 1 N–H and O–H groups in total. The molecule has 0 aromatic carbocycles. The lowest BCUT2D eigenvalue weighted by Gasteiger charge is -2.39. The molecule has 1 aliphatic heterocycles. The molecule has 0 bridgehead atoms. The molecule has 1 aliphatic rings. The Hall–Kier alpha value is -1.49. The van der Waals surface area contributed by atoms with Crippen molar-refractivity contribution in [1.82, 2.24) is 29.9 Å². The Morgan fingerprint density at radius 2 is 1.93 bits per heavy atom. The van der Waals surface area contributed by atoms with Crippen LogP contribution < -0.4 is 5.32 Å². The van der Waals surface area contributed by atoms with Crippen LogP contribution in [0, 0.1) is 6.92 Å². The first kappa shape index (κ1) is 22.8. The molecule has 1 aromatic rings. The number of thioether (sulfide) groups is 1. The van der Waals surface area contributed by atoms with Gasteiger partial charge in [0.05, 0.1) is 0 Å². The van der Waals surface area contributed by atoms with Crippen molar-refractivity contribution in [2.45, 2.75) is 39.0 Å². The predicted octanol–water partition coefficient (Wildman–Crippen LogP) is 1.89. The Labute approximate surface area is 168 Å². The van der Waals surface area contributed by atoms with Gasteiger partial charge in [-0.3, -0.25) is 4.90 Å². The van der Waals surface area contributed by atoms with Gasteiger partial charge < -0.3 is 14.8 Å². The number of rotatable bonds is 7. The lowest BCUT2D eigenvalue weighted by molar-refractivity contribution is -0.181. The van der Waals surface area contributed by atoms with E-state index in [0.717, 1.165) is 36.3 Å². The lowest BCUT2D eigenvalue weighted by Crippen LogP contribution is -2.56. The van der Waals surface area contributed by atoms with Gasteiger partial charge in [-0.05, 0) is 32.3 Å². The Morgan fingerprint density at radius 3 is 2.46 bits per heavy atom. The zero-order chi connectivity index (χ0) is 20.7. The van der Waals surface area contributed by atoms with E-state index in [4.69, 9.17) is 0 Å². The molecule has 11 heteroatoms. The van der Waals surface area contributed by atoms with Gasteiger partial charge in [-0.15, -0.1) is 10.2 Å². The Bertz CT molecular complexity index is 639. The second-order valence-corrected chi connectivity index (χ2v) is 7.86. The van der Waals surface area contributed by atoms with Crippen molar-refractivity contribution in [3.63, 3.8) is 0 Å². The second-order valence-electron chi connectivity index (χ2n) is 6.88. The predicted molar refractivity (Wildman–Crippen MR) is 107 cm³/mol. The average molecular weight is 422 g/mol. The largest absolute Gasteiger partial charge is 0.403 e. The molecule has 1 aromatic heterocycles. The fourth-order valence-electron chi connectivity index (χ4n) is 2.95. The molecule has 1 saturated heterocycles. The van der Waals surface area contributed by atoms with Crippen LogP contribution in [0.3, 0.4) is 0 Å². The summed E-state index contributed by atoms with van der Waals surface area (Å²) >= 11 is 1.78. The summed E-state index contributed by atoms with van der Waals surface area (Å²) < 4.78 is 40.8. The van der Waals surface area contributed by atoms with Crippen LogP contribution in [0.1, 0.15) is 25.0 Å². The lowest BCUT2D eigenvalue weighted by atomic mass is 10.2. The number of alkyl halides is 3. The van der Waals surface area contributed by atoms with Gasteiger partial charge in [-0.2, -0.15) is 24.9 Å². The summed E-state index contributed by atoms with van der Waals surface area (Å²) in [6.07, 6.45) is -1.14. The van der Waals surface area contributed by atoms with Crippen LogP contribution in [0.5, 0.6) is 0 Å². The van der Waals surface area contributed by atoms with Crippen LogP contribution in [-0.2, 0) is 13.6 Å². The van der Waals surface area contributed by atoms with E-state index >= 15 is 0 Å². The molecular weight excluding hydrogens is 391 g/mol. The summed E-state index contributed by atoms with van der Waals surface area (Å²) in [7, 11) is 1.89. The molecule has 0 saturated carbocycles. The minimum Gasteiger partial charge on any atom is -0.356 e. The first-order chi connectivity index (χ1) is 13.2. The third kappa shape index (κ3) is 6.26. The topological polar surface area (TPSA) is 61.6 Å². The smallest absolute Gasteiger partial charge is 0.356 e. The van der Waals surface area contributed by atoms with E-state index in [9.17, 15) is 13.2 Å². The van der Waals surface area contributed by atoms with Crippen LogP contribution in [0.15, 0.2) is 4.99 Å². The number of aliphatic imine (C=N–C) groups is 1. The van der Waals surface area contributed by atoms with Crippen LogP contribution in [-0.4, -0.2) is 87.5 Å². The van der Waals surface area contributed by atoms with Gasteiger partial charge in [0, 0.05) is 39.8 Å². The standard InChI is InChI=1S/C17H30F3N7S/c1-13(17(18,19)20)26-7-9-27(10-8-26)16(21-6-5-11-28-4)22-12-15-24-23-14(2)25(15)3/h13H,5-12H2,1-4H3,(H,21,22). The average Bonchev–Trinajstić information content (AvgIpc) is 2.98. The number of halogens is 3. The maximum atomic E-state index is 13.0. The Kier molecular flexibility index (Phi) is 8.41. The van der Waals surface area contributed by atoms with Gasteiger partial charge >= 0.3 is 6.18 Å². The fourth-order valence-corrected chi connectivity index (χ4v) is 3.38. The highest BCUT2D eigenvalue weighted by Crippen LogP contribution is 2.25. The summed E-state index contributed by atoms with van der Waals surface area (Å²) in [5, 5.41) is 11.5. The first-order valence-corrected chi connectivity index (χ1v) is 10.8. The number of hydrogen-bond acceptors (Lipinski definition) is 5. The molecule has 7 nitrogen and oxygen atoms in total. The highest BCUT2D eigenvalue weighted by Gasteiger charge is 2.41. The van der Waals surface area contributed by atoms with Crippen molar-refractivity contribution in [1.29, 1.82) is 0 Å². The number of guanidine groups is 1. The Morgan fingerprint density at radius 1 is 1.25 bits per heavy atom. The third-order valence-corrected chi connectivity index (χ3v) is 5.69. The van der Waals surface area contributed by atoms with Crippen molar-refractivity contribution in [2.75, 3.05) is 44.7 Å². The quantitative estimate of drug-likeness (QED) is 0.412. The van der Waals surface area contributed by atoms with Crippen LogP contribution in [0.25, 0.3) is 0 Å². The minimum atomic E-state index is -4.20. The minimum absolute atomic E-state index is 0.356. The molecular formula is C17H30F3N7S. The van der Waals surface area contributed by atoms with Crippen LogP contribution in [0.2, 0.25) is 0 Å². The molecule has 0 amide bonds. The molecule has 1 unspecified atom stereocenters. The molecule has 28 heavy (non-hydrogen) atoms. The van der Waals surface area contributed by atoms with E-state index in [0.29, 0.717) is 32.7 Å². The fraction of sp³-hybridized carbons (Fsp3) is 0.824. The van der Waals surface area contributed by atoms with Crippen molar-refractivity contribution >= 4 is 17.7 Å². The maximum absolute atomic E-state index is 13.0. The van der Waals surface area contributed by atoms with Gasteiger partial charge in [0.25, 0.3) is 0 Å². The number of nitrogens with one attached hydrogen (secondary N) is 1. The molecule has 0 aliphatic carbocycles. The molecule has 160 valence electrons. The summed E-state index contributed by atoms with van der Waals surface area (Å²) in [5.41, 5.74) is 0. The van der Waals surface area contributed by atoms with Crippen LogP contribution >= 0.6 is 11.8 Å². The highest BCUT2D eigenvalue weighted by atomic mass is 32.2. The monoisotopic (exact) mass is 421 g/mol. The van der Waals surface area contributed by atoms with E-state index in [2.05, 4.69) is 26.8 Å². The molecule has 0 spiro atoms. The van der Waals surface area contributed by atoms with Crippen molar-refractivity contribution in [3.05, 3.63) is 11.6 Å². The molecule has 2 heterocycles. The van der Waals surface area contributed by atoms with Crippen LogP contribution in [0.4, 0.5) is 13.2 Å². The zero-order valence-electron chi connectivity index (χ0n) is 17.0. The summed E-state index contributed by atoms with van der Waals surface area (Å²) in [6.45, 7) is 5.98. The van der Waals surface area contributed by atoms with E-state index < -0.39 is 12.2 Å². The highest BCUT2D eigenvalue weighted by molar-refractivity contribution is 7.98. The zero-order valence-corrected chi connectivity index (χ0v) is 17.8. The SMILES string of the molecule is CSCCCNC(=NCc1nnc(C)n1C)N1CCN(C(C)C(F)(F)F)CC1. The van der Waals surface area contributed by atoms with Gasteiger partial charge in [0.15, 0.2) is 11.8 Å². The van der Waals surface area contributed by atoms with E-state index in [-0.39, 0.29) is 0 Å². The molecule has 1 fully saturated rings. The van der Waals surface area contributed by atoms with Crippen molar-refractivity contribution in [2.24, 2.45) is 12.0 Å². The normalized spacial score (nSPS) is 17.8. The Balaban J connectivity index is 2.01. The third-order valence-electron chi connectivity index (χ3n) is 5.00. The summed E-state index contributed by atoms with van der Waals surface area (Å²) in [5.74, 6) is 3.33. The summed E-state index contributed by atoms with van der Waals surface area (Å²) in [4.78, 5) is 8.18. The van der Waals surface area contributed by atoms with Gasteiger partial charge in [0.2, 0.25) is 0 Å². The summed E-state index contributed by atoms with van der Waals surface area (Å²) in [6, 6.07) is -1.42. The second kappa shape index (κ2) is 10.3. The molecule has 2 rings (SSSR count). The number of aromatic nitrogens is 3. The van der Waals surface area contributed by atoms with Crippen molar-refractivity contribution < 1.29 is 13.2 Å². The van der Waals surface area contributed by atoms with Gasteiger partial charge in [-0.25, -0.2) is 4.99 Å². The number of nitrogens with zero attached hydrogens (tertiary/aromatic N) is 6. The van der Waals surface area contributed by atoms with Gasteiger partial charge in [-0.1, -0.05) is 0 Å². The maximum Gasteiger partial charge on any atom is 0.403 e. The molecule has 1 atom stereocenters. The number of piperazine rings is 1. The van der Waals surface area contributed by atoms with E-state index in [1.54, 1.807) is 11.8 Å². The van der Waals surface area contributed by atoms with Gasteiger partial charge in [0.1, 0.15) is 18.4 Å². The number of hydrogen-bond donors (Lipinski definition) is 1. The van der Waals surface area contributed by atoms with Crippen molar-refractivity contribution in [3.8, 4) is 0 Å². The van der Waals surface area contributed by atoms with E-state index in [1.807, 2.05) is 23.4 Å². The molecule has 0 radical (unpaired) electrons. The first-order valence-electron chi connectivity index (χ1n) is 9.42. The number of aryl methyl sites for hydroxylation is 1. The van der Waals surface area contributed by atoms with E-state index in [1.165, 1.54) is 11.8 Å².